The van der Waals surface area contributed by atoms with Crippen LogP contribution in [0.4, 0.5) is 0 Å². The number of nitrogens with one attached hydrogen (secondary N) is 1. The van der Waals surface area contributed by atoms with Crippen molar-refractivity contribution in [3.05, 3.63) is 0 Å². The van der Waals surface area contributed by atoms with Gasteiger partial charge in [-0.1, -0.05) is 20.8 Å². The third kappa shape index (κ3) is 4.19. The van der Waals surface area contributed by atoms with Gasteiger partial charge in [-0.3, -0.25) is 0 Å². The molecule has 2 aliphatic rings. The number of hydrogen-bond acceptors (Lipinski definition) is 2. The van der Waals surface area contributed by atoms with Crippen molar-refractivity contribution in [1.29, 1.82) is 0 Å². The molecule has 0 bridgehead atoms. The van der Waals surface area contributed by atoms with Gasteiger partial charge in [0, 0.05) is 18.1 Å². The molecule has 112 valence electrons. The van der Waals surface area contributed by atoms with Crippen molar-refractivity contribution in [2.45, 2.75) is 84.8 Å². The first-order valence-corrected chi connectivity index (χ1v) is 8.37. The van der Waals surface area contributed by atoms with Crippen LogP contribution in [0.15, 0.2) is 0 Å². The van der Waals surface area contributed by atoms with Gasteiger partial charge in [0.1, 0.15) is 0 Å². The molecule has 19 heavy (non-hydrogen) atoms. The van der Waals surface area contributed by atoms with Crippen LogP contribution in [-0.2, 0) is 0 Å². The molecule has 0 spiro atoms. The summed E-state index contributed by atoms with van der Waals surface area (Å²) in [6.45, 7) is 14.5. The molecule has 1 N–H and O–H groups in total. The Morgan fingerprint density at radius 1 is 1.11 bits per heavy atom. The monoisotopic (exact) mass is 266 g/mol. The largest absolute Gasteiger partial charge is 0.311 e. The summed E-state index contributed by atoms with van der Waals surface area (Å²) in [6, 6.07) is 2.25. The van der Waals surface area contributed by atoms with Crippen LogP contribution < -0.4 is 5.32 Å². The fourth-order valence-corrected chi connectivity index (χ4v) is 4.08. The molecule has 1 aliphatic heterocycles. The van der Waals surface area contributed by atoms with Gasteiger partial charge in [0.2, 0.25) is 0 Å². The zero-order chi connectivity index (χ0) is 14.0. The molecule has 1 heterocycles. The number of rotatable bonds is 3. The standard InChI is InChI=1S/C17H34N2/c1-13(2)19-10-7-15(8-11-19)18-16-6-9-17(4,5)12-14(16)3/h13-16,18H,6-12H2,1-5H3. The van der Waals surface area contributed by atoms with Gasteiger partial charge in [0.15, 0.2) is 0 Å². The number of hydrogen-bond donors (Lipinski definition) is 1. The lowest BCUT2D eigenvalue weighted by molar-refractivity contribution is 0.115. The second kappa shape index (κ2) is 6.13. The van der Waals surface area contributed by atoms with E-state index in [0.717, 1.165) is 24.0 Å². The second-order valence-electron chi connectivity index (χ2n) is 8.06. The van der Waals surface area contributed by atoms with Gasteiger partial charge >= 0.3 is 0 Å². The van der Waals surface area contributed by atoms with Crippen LogP contribution in [0.25, 0.3) is 0 Å². The lowest BCUT2D eigenvalue weighted by atomic mass is 9.70. The third-order valence-electron chi connectivity index (χ3n) is 5.40. The molecule has 0 aromatic carbocycles. The molecule has 0 amide bonds. The molecule has 2 nitrogen and oxygen atoms in total. The van der Waals surface area contributed by atoms with E-state index in [1.165, 1.54) is 45.2 Å². The third-order valence-corrected chi connectivity index (χ3v) is 5.40. The van der Waals surface area contributed by atoms with E-state index >= 15 is 0 Å². The minimum Gasteiger partial charge on any atom is -0.311 e. The topological polar surface area (TPSA) is 15.3 Å². The average molecular weight is 266 g/mol. The van der Waals surface area contributed by atoms with E-state index in [1.807, 2.05) is 0 Å². The minimum atomic E-state index is 0.568. The van der Waals surface area contributed by atoms with Crippen LogP contribution in [0.3, 0.4) is 0 Å². The van der Waals surface area contributed by atoms with Crippen molar-refractivity contribution in [2.24, 2.45) is 11.3 Å². The summed E-state index contributed by atoms with van der Waals surface area (Å²) in [5.41, 5.74) is 0.568. The molecule has 2 unspecified atom stereocenters. The first-order chi connectivity index (χ1) is 8.87. The molecule has 0 aromatic heterocycles. The van der Waals surface area contributed by atoms with Crippen LogP contribution in [-0.4, -0.2) is 36.1 Å². The van der Waals surface area contributed by atoms with E-state index in [0.29, 0.717) is 5.41 Å². The summed E-state index contributed by atoms with van der Waals surface area (Å²) < 4.78 is 0. The highest BCUT2D eigenvalue weighted by Gasteiger charge is 2.33. The Kier molecular flexibility index (Phi) is 4.94. The minimum absolute atomic E-state index is 0.568. The molecule has 2 fully saturated rings. The van der Waals surface area contributed by atoms with Gasteiger partial charge < -0.3 is 10.2 Å². The highest BCUT2D eigenvalue weighted by Crippen LogP contribution is 2.38. The second-order valence-corrected chi connectivity index (χ2v) is 8.06. The summed E-state index contributed by atoms with van der Waals surface area (Å²) in [5.74, 6) is 0.840. The Hall–Kier alpha value is -0.0800. The van der Waals surface area contributed by atoms with Crippen molar-refractivity contribution >= 4 is 0 Å². The first kappa shape index (κ1) is 15.3. The summed E-state index contributed by atoms with van der Waals surface area (Å²) in [5, 5.41) is 3.98. The van der Waals surface area contributed by atoms with Crippen molar-refractivity contribution in [1.82, 2.24) is 10.2 Å². The summed E-state index contributed by atoms with van der Waals surface area (Å²) in [6.07, 6.45) is 6.82. The smallest absolute Gasteiger partial charge is 0.00957 e. The lowest BCUT2D eigenvalue weighted by Crippen LogP contribution is -2.51. The van der Waals surface area contributed by atoms with Crippen molar-refractivity contribution in [3.8, 4) is 0 Å². The molecule has 1 aliphatic carbocycles. The normalized spacial score (nSPS) is 33.8. The quantitative estimate of drug-likeness (QED) is 0.838. The van der Waals surface area contributed by atoms with E-state index in [-0.39, 0.29) is 0 Å². The number of piperidine rings is 1. The van der Waals surface area contributed by atoms with Gasteiger partial charge in [-0.25, -0.2) is 0 Å². The van der Waals surface area contributed by atoms with Crippen LogP contribution >= 0.6 is 0 Å². The van der Waals surface area contributed by atoms with Crippen LogP contribution in [0.1, 0.15) is 66.7 Å². The zero-order valence-electron chi connectivity index (χ0n) is 13.7. The highest BCUT2D eigenvalue weighted by atomic mass is 15.2. The van der Waals surface area contributed by atoms with Gasteiger partial charge in [-0.05, 0) is 70.4 Å². The Balaban J connectivity index is 1.77. The number of nitrogens with zero attached hydrogens (tertiary/aromatic N) is 1. The van der Waals surface area contributed by atoms with E-state index in [4.69, 9.17) is 0 Å². The van der Waals surface area contributed by atoms with Gasteiger partial charge in [0.25, 0.3) is 0 Å². The first-order valence-electron chi connectivity index (χ1n) is 8.37. The van der Waals surface area contributed by atoms with E-state index in [2.05, 4.69) is 44.8 Å². The predicted octanol–water partition coefficient (Wildman–Crippen LogP) is 3.66. The molecule has 2 heteroatoms. The maximum absolute atomic E-state index is 3.98. The molecule has 2 rings (SSSR count). The Labute approximate surface area is 120 Å². The van der Waals surface area contributed by atoms with Gasteiger partial charge in [-0.2, -0.15) is 0 Å². The zero-order valence-corrected chi connectivity index (χ0v) is 13.7. The molecular weight excluding hydrogens is 232 g/mol. The lowest BCUT2D eigenvalue weighted by Gasteiger charge is -2.43. The SMILES string of the molecule is CC1CC(C)(C)CCC1NC1CCN(C(C)C)CC1. The molecule has 1 saturated heterocycles. The highest BCUT2D eigenvalue weighted by molar-refractivity contribution is 4.90. The summed E-state index contributed by atoms with van der Waals surface area (Å²) in [4.78, 5) is 2.62. The van der Waals surface area contributed by atoms with E-state index in [1.54, 1.807) is 0 Å². The maximum Gasteiger partial charge on any atom is 0.00957 e. The molecule has 0 aromatic rings. The Morgan fingerprint density at radius 3 is 2.26 bits per heavy atom. The van der Waals surface area contributed by atoms with Crippen LogP contribution in [0.5, 0.6) is 0 Å². The number of likely N-dealkylation sites (tertiary alicyclic amines) is 1. The average Bonchev–Trinajstić information content (AvgIpc) is 2.33. The maximum atomic E-state index is 3.98. The Morgan fingerprint density at radius 2 is 1.74 bits per heavy atom. The van der Waals surface area contributed by atoms with Gasteiger partial charge in [-0.15, -0.1) is 0 Å². The molecule has 0 radical (unpaired) electrons. The van der Waals surface area contributed by atoms with Crippen molar-refractivity contribution in [3.63, 3.8) is 0 Å². The fraction of sp³-hybridized carbons (Fsp3) is 1.00. The predicted molar refractivity (Wildman–Crippen MR) is 83.5 cm³/mol. The van der Waals surface area contributed by atoms with E-state index < -0.39 is 0 Å². The summed E-state index contributed by atoms with van der Waals surface area (Å²) in [7, 11) is 0. The molecule has 1 saturated carbocycles. The Bertz CT molecular complexity index is 277. The molecular formula is C17H34N2. The molecule has 2 atom stereocenters. The fourth-order valence-electron chi connectivity index (χ4n) is 4.08. The van der Waals surface area contributed by atoms with Crippen molar-refractivity contribution < 1.29 is 0 Å². The summed E-state index contributed by atoms with van der Waals surface area (Å²) >= 11 is 0. The van der Waals surface area contributed by atoms with E-state index in [9.17, 15) is 0 Å². The van der Waals surface area contributed by atoms with Crippen LogP contribution in [0.2, 0.25) is 0 Å². The van der Waals surface area contributed by atoms with Gasteiger partial charge in [0.05, 0.1) is 0 Å². The van der Waals surface area contributed by atoms with Crippen molar-refractivity contribution in [2.75, 3.05) is 13.1 Å². The van der Waals surface area contributed by atoms with Crippen LogP contribution in [0, 0.1) is 11.3 Å².